The van der Waals surface area contributed by atoms with E-state index in [1.54, 1.807) is 0 Å². The number of alkyl halides is 3. The van der Waals surface area contributed by atoms with Crippen LogP contribution < -0.4 is 11.1 Å². The van der Waals surface area contributed by atoms with E-state index in [2.05, 4.69) is 5.32 Å². The summed E-state index contributed by atoms with van der Waals surface area (Å²) in [6.45, 7) is 1.24. The maximum Gasteiger partial charge on any atom is 0.389 e. The van der Waals surface area contributed by atoms with Crippen molar-refractivity contribution in [2.24, 2.45) is 23.5 Å². The van der Waals surface area contributed by atoms with Gasteiger partial charge in [0.1, 0.15) is 0 Å². The highest BCUT2D eigenvalue weighted by Crippen LogP contribution is 2.47. The number of nitrogens with two attached hydrogens (primary N) is 1. The molecule has 0 spiro atoms. The van der Waals surface area contributed by atoms with Crippen LogP contribution >= 0.6 is 0 Å². The van der Waals surface area contributed by atoms with Crippen LogP contribution in [0.2, 0.25) is 0 Å². The highest BCUT2D eigenvalue weighted by molar-refractivity contribution is 4.99. The summed E-state index contributed by atoms with van der Waals surface area (Å²) in [4.78, 5) is 0. The topological polar surface area (TPSA) is 38.0 Å². The first-order valence-electron chi connectivity index (χ1n) is 6.50. The summed E-state index contributed by atoms with van der Waals surface area (Å²) >= 11 is 0. The molecule has 2 aliphatic carbocycles. The first-order chi connectivity index (χ1) is 7.97. The maximum atomic E-state index is 11.9. The minimum Gasteiger partial charge on any atom is -0.327 e. The molecule has 100 valence electrons. The summed E-state index contributed by atoms with van der Waals surface area (Å²) in [5.41, 5.74) is 6.13. The lowest BCUT2D eigenvalue weighted by Crippen LogP contribution is -2.41. The highest BCUT2D eigenvalue weighted by atomic mass is 19.4. The molecule has 0 amide bonds. The molecule has 0 radical (unpaired) electrons. The van der Waals surface area contributed by atoms with Gasteiger partial charge in [0.05, 0.1) is 0 Å². The largest absolute Gasteiger partial charge is 0.389 e. The Balaban J connectivity index is 1.60. The normalized spacial score (nSPS) is 36.7. The van der Waals surface area contributed by atoms with Gasteiger partial charge in [-0.2, -0.15) is 13.2 Å². The van der Waals surface area contributed by atoms with Crippen molar-refractivity contribution in [2.75, 3.05) is 13.1 Å². The molecular formula is C12H21F3N2. The number of hydrogen-bond acceptors (Lipinski definition) is 2. The number of hydrogen-bond donors (Lipinski definition) is 2. The van der Waals surface area contributed by atoms with Crippen LogP contribution in [-0.2, 0) is 0 Å². The molecule has 4 unspecified atom stereocenters. The third-order valence-electron chi connectivity index (χ3n) is 4.35. The quantitative estimate of drug-likeness (QED) is 0.735. The standard InChI is InChI=1S/C12H21F3N2/c13-12(14,15)4-1-5-17-7-10-8-2-3-9(6-8)11(10)16/h8-11,17H,1-7,16H2. The van der Waals surface area contributed by atoms with E-state index in [1.807, 2.05) is 0 Å². The van der Waals surface area contributed by atoms with Gasteiger partial charge < -0.3 is 11.1 Å². The SMILES string of the molecule is NC1C2CCC(C2)C1CNCCCC(F)(F)F. The first-order valence-corrected chi connectivity index (χ1v) is 6.50. The zero-order chi connectivity index (χ0) is 12.5. The number of nitrogens with one attached hydrogen (secondary N) is 1. The molecule has 2 rings (SSSR count). The molecule has 2 bridgehead atoms. The van der Waals surface area contributed by atoms with Gasteiger partial charge in [-0.3, -0.25) is 0 Å². The number of rotatable bonds is 5. The summed E-state index contributed by atoms with van der Waals surface area (Å²) in [7, 11) is 0. The molecule has 0 aromatic carbocycles. The van der Waals surface area contributed by atoms with Gasteiger partial charge in [0.15, 0.2) is 0 Å². The van der Waals surface area contributed by atoms with Crippen molar-refractivity contribution in [3.05, 3.63) is 0 Å². The predicted octanol–water partition coefficient (Wildman–Crippen LogP) is 2.29. The summed E-state index contributed by atoms with van der Waals surface area (Å²) in [6.07, 6.45) is -0.813. The Hall–Kier alpha value is -0.290. The Labute approximate surface area is 100 Å². The Kier molecular flexibility index (Phi) is 3.98. The van der Waals surface area contributed by atoms with Crippen LogP contribution in [0.15, 0.2) is 0 Å². The van der Waals surface area contributed by atoms with E-state index in [1.165, 1.54) is 19.3 Å². The molecular weight excluding hydrogens is 229 g/mol. The lowest BCUT2D eigenvalue weighted by atomic mass is 9.85. The third-order valence-corrected chi connectivity index (χ3v) is 4.35. The van der Waals surface area contributed by atoms with Crippen LogP contribution in [-0.4, -0.2) is 25.3 Å². The zero-order valence-electron chi connectivity index (χ0n) is 9.97. The van der Waals surface area contributed by atoms with E-state index >= 15 is 0 Å². The van der Waals surface area contributed by atoms with E-state index in [4.69, 9.17) is 5.73 Å². The fraction of sp³-hybridized carbons (Fsp3) is 1.00. The molecule has 0 aromatic heterocycles. The number of fused-ring (bicyclic) bond motifs is 2. The zero-order valence-corrected chi connectivity index (χ0v) is 9.97. The average molecular weight is 250 g/mol. The summed E-state index contributed by atoms with van der Waals surface area (Å²) in [5, 5.41) is 3.14. The Morgan fingerprint density at radius 3 is 2.47 bits per heavy atom. The molecule has 3 N–H and O–H groups in total. The van der Waals surface area contributed by atoms with E-state index < -0.39 is 12.6 Å². The second kappa shape index (κ2) is 5.14. The smallest absolute Gasteiger partial charge is 0.327 e. The van der Waals surface area contributed by atoms with E-state index in [0.29, 0.717) is 24.3 Å². The van der Waals surface area contributed by atoms with Crippen LogP contribution in [0.3, 0.4) is 0 Å². The molecule has 0 aliphatic heterocycles. The van der Waals surface area contributed by atoms with Crippen molar-refractivity contribution in [2.45, 2.75) is 44.3 Å². The molecule has 0 saturated heterocycles. The summed E-state index contributed by atoms with van der Waals surface area (Å²) in [6, 6.07) is 0.267. The summed E-state index contributed by atoms with van der Waals surface area (Å²) < 4.78 is 35.8. The van der Waals surface area contributed by atoms with Crippen molar-refractivity contribution < 1.29 is 13.2 Å². The van der Waals surface area contributed by atoms with Crippen LogP contribution in [0.1, 0.15) is 32.1 Å². The fourth-order valence-corrected chi connectivity index (χ4v) is 3.44. The molecule has 2 fully saturated rings. The van der Waals surface area contributed by atoms with Gasteiger partial charge in [-0.05, 0) is 56.5 Å². The molecule has 17 heavy (non-hydrogen) atoms. The van der Waals surface area contributed by atoms with Gasteiger partial charge in [0.2, 0.25) is 0 Å². The van der Waals surface area contributed by atoms with Crippen molar-refractivity contribution in [1.82, 2.24) is 5.32 Å². The highest BCUT2D eigenvalue weighted by Gasteiger charge is 2.45. The van der Waals surface area contributed by atoms with Crippen LogP contribution in [0.5, 0.6) is 0 Å². The van der Waals surface area contributed by atoms with Gasteiger partial charge in [-0.25, -0.2) is 0 Å². The van der Waals surface area contributed by atoms with Gasteiger partial charge in [0, 0.05) is 12.5 Å². The Morgan fingerprint density at radius 2 is 1.88 bits per heavy atom. The van der Waals surface area contributed by atoms with Crippen LogP contribution in [0.4, 0.5) is 13.2 Å². The average Bonchev–Trinajstić information content (AvgIpc) is 2.78. The fourth-order valence-electron chi connectivity index (χ4n) is 3.44. The molecule has 2 saturated carbocycles. The molecule has 5 heteroatoms. The van der Waals surface area contributed by atoms with Crippen molar-refractivity contribution >= 4 is 0 Å². The Bertz CT molecular complexity index is 253. The van der Waals surface area contributed by atoms with Gasteiger partial charge in [-0.1, -0.05) is 0 Å². The lowest BCUT2D eigenvalue weighted by Gasteiger charge is -2.28. The second-order valence-corrected chi connectivity index (χ2v) is 5.50. The van der Waals surface area contributed by atoms with Gasteiger partial charge >= 0.3 is 6.18 Å². The Morgan fingerprint density at radius 1 is 1.18 bits per heavy atom. The van der Waals surface area contributed by atoms with Crippen molar-refractivity contribution in [1.29, 1.82) is 0 Å². The first kappa shape index (κ1) is 13.1. The van der Waals surface area contributed by atoms with Gasteiger partial charge in [0.25, 0.3) is 0 Å². The van der Waals surface area contributed by atoms with E-state index in [0.717, 1.165) is 6.54 Å². The molecule has 2 aliphatic rings. The molecule has 4 atom stereocenters. The van der Waals surface area contributed by atoms with Crippen LogP contribution in [0.25, 0.3) is 0 Å². The molecule has 0 aromatic rings. The number of halogens is 3. The van der Waals surface area contributed by atoms with E-state index in [9.17, 15) is 13.2 Å². The minimum absolute atomic E-state index is 0.166. The van der Waals surface area contributed by atoms with E-state index in [-0.39, 0.29) is 12.5 Å². The lowest BCUT2D eigenvalue weighted by molar-refractivity contribution is -0.135. The van der Waals surface area contributed by atoms with Crippen molar-refractivity contribution in [3.63, 3.8) is 0 Å². The minimum atomic E-state index is -4.02. The third kappa shape index (κ3) is 3.35. The maximum absolute atomic E-state index is 11.9. The molecule has 2 nitrogen and oxygen atoms in total. The summed E-state index contributed by atoms with van der Waals surface area (Å²) in [5.74, 6) is 1.87. The predicted molar refractivity (Wildman–Crippen MR) is 60.5 cm³/mol. The monoisotopic (exact) mass is 250 g/mol. The molecule has 0 heterocycles. The van der Waals surface area contributed by atoms with Crippen LogP contribution in [0, 0.1) is 17.8 Å². The van der Waals surface area contributed by atoms with Crippen molar-refractivity contribution in [3.8, 4) is 0 Å². The second-order valence-electron chi connectivity index (χ2n) is 5.50. The van der Waals surface area contributed by atoms with Gasteiger partial charge in [-0.15, -0.1) is 0 Å².